The molecule has 1 heteroatoms. The van der Waals surface area contributed by atoms with Crippen LogP contribution in [0.1, 0.15) is 0 Å². The van der Waals surface area contributed by atoms with Gasteiger partial charge in [-0.2, -0.15) is 0 Å². The first-order valence-electron chi connectivity index (χ1n) is 16.5. The zero-order chi connectivity index (χ0) is 31.9. The smallest absolute Gasteiger partial charge is 0.0716 e. The van der Waals surface area contributed by atoms with Crippen LogP contribution in [-0.4, -0.2) is 4.98 Å². The van der Waals surface area contributed by atoms with Crippen molar-refractivity contribution in [3.8, 4) is 55.9 Å². The second-order valence-corrected chi connectivity index (χ2v) is 12.4. The molecule has 0 aliphatic carbocycles. The molecular weight excluding hydrogens is 579 g/mol. The lowest BCUT2D eigenvalue weighted by Gasteiger charge is -2.15. The van der Waals surface area contributed by atoms with E-state index in [0.717, 1.165) is 28.1 Å². The summed E-state index contributed by atoms with van der Waals surface area (Å²) < 4.78 is 0. The second-order valence-electron chi connectivity index (χ2n) is 12.4. The molecule has 0 aliphatic heterocycles. The molecule has 224 valence electrons. The number of benzene rings is 8. The molecule has 0 radical (unpaired) electrons. The Morgan fingerprint density at radius 1 is 0.208 bits per heavy atom. The summed E-state index contributed by atoms with van der Waals surface area (Å²) in [5.74, 6) is 0. The van der Waals surface area contributed by atoms with Crippen LogP contribution in [-0.2, 0) is 0 Å². The molecular formula is C47H31N. The largest absolute Gasteiger partial charge is 0.248 e. The Labute approximate surface area is 280 Å². The Hall–Kier alpha value is -6.31. The molecule has 0 atom stereocenters. The number of aromatic nitrogens is 1. The standard InChI is InChI=1S/C47H31N/c1-4-14-32(15-5-1)36-26-37(35-24-25-44-42-22-11-10-20-40(42)41-21-12-13-23-43(41)45(44)29-35)28-39(27-36)47-31-38(33-16-6-2-7-17-33)30-46(48-47)34-18-8-3-9-19-34/h1-31H. The fraction of sp³-hybridized carbons (Fsp3) is 0. The van der Waals surface area contributed by atoms with E-state index in [9.17, 15) is 0 Å². The summed E-state index contributed by atoms with van der Waals surface area (Å²) >= 11 is 0. The number of hydrogen-bond donors (Lipinski definition) is 0. The van der Waals surface area contributed by atoms with Gasteiger partial charge in [0, 0.05) is 11.1 Å². The van der Waals surface area contributed by atoms with Gasteiger partial charge < -0.3 is 0 Å². The van der Waals surface area contributed by atoms with Gasteiger partial charge in [0.2, 0.25) is 0 Å². The Morgan fingerprint density at radius 2 is 0.583 bits per heavy atom. The third-order valence-corrected chi connectivity index (χ3v) is 9.42. The lowest BCUT2D eigenvalue weighted by molar-refractivity contribution is 1.32. The van der Waals surface area contributed by atoms with Crippen molar-refractivity contribution in [1.82, 2.24) is 4.98 Å². The highest BCUT2D eigenvalue weighted by Crippen LogP contribution is 2.39. The predicted molar refractivity (Wildman–Crippen MR) is 204 cm³/mol. The molecule has 8 aromatic carbocycles. The normalized spacial score (nSPS) is 11.3. The van der Waals surface area contributed by atoms with Crippen molar-refractivity contribution in [2.45, 2.75) is 0 Å². The molecule has 0 saturated carbocycles. The van der Waals surface area contributed by atoms with Gasteiger partial charge in [-0.25, -0.2) is 4.98 Å². The van der Waals surface area contributed by atoms with Crippen LogP contribution in [0.3, 0.4) is 0 Å². The minimum Gasteiger partial charge on any atom is -0.248 e. The summed E-state index contributed by atoms with van der Waals surface area (Å²) in [7, 11) is 0. The van der Waals surface area contributed by atoms with Crippen molar-refractivity contribution >= 4 is 32.3 Å². The third kappa shape index (κ3) is 5.03. The number of fused-ring (bicyclic) bond motifs is 6. The van der Waals surface area contributed by atoms with Crippen LogP contribution in [0.5, 0.6) is 0 Å². The number of rotatable bonds is 5. The van der Waals surface area contributed by atoms with Crippen LogP contribution in [0, 0.1) is 0 Å². The first kappa shape index (κ1) is 28.0. The van der Waals surface area contributed by atoms with E-state index in [1.807, 2.05) is 0 Å². The average molecular weight is 610 g/mol. The summed E-state index contributed by atoms with van der Waals surface area (Å²) in [6, 6.07) is 67.6. The average Bonchev–Trinajstić information content (AvgIpc) is 3.18. The molecule has 0 saturated heterocycles. The Morgan fingerprint density at radius 3 is 1.12 bits per heavy atom. The van der Waals surface area contributed by atoms with Gasteiger partial charge >= 0.3 is 0 Å². The molecule has 0 N–H and O–H groups in total. The summed E-state index contributed by atoms with van der Waals surface area (Å²) in [6.07, 6.45) is 0. The van der Waals surface area contributed by atoms with Gasteiger partial charge in [-0.1, -0.05) is 152 Å². The van der Waals surface area contributed by atoms with E-state index in [1.165, 1.54) is 60.1 Å². The third-order valence-electron chi connectivity index (χ3n) is 9.42. The lowest BCUT2D eigenvalue weighted by atomic mass is 9.90. The van der Waals surface area contributed by atoms with Crippen LogP contribution in [0.4, 0.5) is 0 Å². The zero-order valence-electron chi connectivity index (χ0n) is 26.3. The monoisotopic (exact) mass is 609 g/mol. The number of hydrogen-bond acceptors (Lipinski definition) is 1. The molecule has 1 nitrogen and oxygen atoms in total. The molecule has 1 heterocycles. The molecule has 0 unspecified atom stereocenters. The first-order valence-corrected chi connectivity index (χ1v) is 16.5. The van der Waals surface area contributed by atoms with Crippen molar-refractivity contribution in [3.63, 3.8) is 0 Å². The quantitative estimate of drug-likeness (QED) is 0.177. The van der Waals surface area contributed by atoms with Gasteiger partial charge in [0.15, 0.2) is 0 Å². The molecule has 48 heavy (non-hydrogen) atoms. The van der Waals surface area contributed by atoms with E-state index >= 15 is 0 Å². The summed E-state index contributed by atoms with van der Waals surface area (Å²) in [4.78, 5) is 5.29. The molecule has 9 rings (SSSR count). The van der Waals surface area contributed by atoms with E-state index in [-0.39, 0.29) is 0 Å². The van der Waals surface area contributed by atoms with Crippen molar-refractivity contribution in [2.75, 3.05) is 0 Å². The molecule has 0 fully saturated rings. The fourth-order valence-electron chi connectivity index (χ4n) is 7.06. The maximum absolute atomic E-state index is 5.29. The van der Waals surface area contributed by atoms with Gasteiger partial charge in [-0.15, -0.1) is 0 Å². The topological polar surface area (TPSA) is 12.9 Å². The molecule has 0 amide bonds. The van der Waals surface area contributed by atoms with E-state index in [0.29, 0.717) is 0 Å². The maximum Gasteiger partial charge on any atom is 0.0716 e. The first-order chi connectivity index (χ1) is 23.8. The minimum absolute atomic E-state index is 0.950. The van der Waals surface area contributed by atoms with E-state index in [2.05, 4.69) is 188 Å². The number of nitrogens with zero attached hydrogens (tertiary/aromatic N) is 1. The Kier molecular flexibility index (Phi) is 6.87. The highest BCUT2D eigenvalue weighted by Gasteiger charge is 2.14. The van der Waals surface area contributed by atoms with Gasteiger partial charge in [0.1, 0.15) is 0 Å². The Balaban J connectivity index is 1.29. The molecule has 0 spiro atoms. The van der Waals surface area contributed by atoms with Crippen LogP contribution >= 0.6 is 0 Å². The van der Waals surface area contributed by atoms with Gasteiger partial charge in [-0.05, 0) is 102 Å². The summed E-state index contributed by atoms with van der Waals surface area (Å²) in [5.41, 5.74) is 11.1. The molecule has 0 bridgehead atoms. The van der Waals surface area contributed by atoms with E-state index in [1.54, 1.807) is 0 Å². The Bertz CT molecular complexity index is 2490. The summed E-state index contributed by atoms with van der Waals surface area (Å²) in [6.45, 7) is 0. The van der Waals surface area contributed by atoms with Gasteiger partial charge in [0.05, 0.1) is 11.4 Å². The van der Waals surface area contributed by atoms with Gasteiger partial charge in [-0.3, -0.25) is 0 Å². The van der Waals surface area contributed by atoms with E-state index < -0.39 is 0 Å². The van der Waals surface area contributed by atoms with E-state index in [4.69, 9.17) is 4.98 Å². The SMILES string of the molecule is c1ccc(-c2cc(-c3ccc4c5ccccc5c5ccccc5c4c3)cc(-c3cc(-c4ccccc4)cc(-c4ccccc4)n3)c2)cc1. The highest BCUT2D eigenvalue weighted by molar-refractivity contribution is 6.25. The molecule has 9 aromatic rings. The maximum atomic E-state index is 5.29. The summed E-state index contributed by atoms with van der Waals surface area (Å²) in [5, 5.41) is 7.68. The fourth-order valence-corrected chi connectivity index (χ4v) is 7.06. The predicted octanol–water partition coefficient (Wildman–Crippen LogP) is 12.9. The highest BCUT2D eigenvalue weighted by atomic mass is 14.7. The minimum atomic E-state index is 0.950. The zero-order valence-corrected chi connectivity index (χ0v) is 26.3. The van der Waals surface area contributed by atoms with Crippen molar-refractivity contribution < 1.29 is 0 Å². The van der Waals surface area contributed by atoms with Crippen LogP contribution in [0.15, 0.2) is 188 Å². The van der Waals surface area contributed by atoms with Gasteiger partial charge in [0.25, 0.3) is 0 Å². The van der Waals surface area contributed by atoms with Crippen LogP contribution in [0.25, 0.3) is 88.2 Å². The van der Waals surface area contributed by atoms with Crippen LogP contribution < -0.4 is 0 Å². The van der Waals surface area contributed by atoms with Crippen molar-refractivity contribution in [3.05, 3.63) is 188 Å². The van der Waals surface area contributed by atoms with Crippen molar-refractivity contribution in [2.24, 2.45) is 0 Å². The second kappa shape index (κ2) is 11.8. The van der Waals surface area contributed by atoms with Crippen LogP contribution in [0.2, 0.25) is 0 Å². The molecule has 0 aliphatic rings. The van der Waals surface area contributed by atoms with Crippen molar-refractivity contribution in [1.29, 1.82) is 0 Å². The molecule has 1 aromatic heterocycles. The lowest BCUT2D eigenvalue weighted by Crippen LogP contribution is -1.93. The number of pyridine rings is 1.